The van der Waals surface area contributed by atoms with E-state index < -0.39 is 21.5 Å². The molecule has 0 saturated carbocycles. The number of nitrogens with one attached hydrogen (secondary N) is 1. The number of aromatic nitrogens is 1. The SMILES string of the molecule is CCS(=O)(=O)CC(=O)NCc1cccnc1. The van der Waals surface area contributed by atoms with Crippen LogP contribution in [-0.4, -0.2) is 30.8 Å². The zero-order chi connectivity index (χ0) is 12.0. The number of rotatable bonds is 5. The van der Waals surface area contributed by atoms with E-state index >= 15 is 0 Å². The van der Waals surface area contributed by atoms with E-state index in [0.717, 1.165) is 5.56 Å². The highest BCUT2D eigenvalue weighted by atomic mass is 32.2. The van der Waals surface area contributed by atoms with Gasteiger partial charge in [-0.3, -0.25) is 9.78 Å². The molecule has 0 fully saturated rings. The number of carbonyl (C=O) groups is 1. The molecule has 0 bridgehead atoms. The average molecular weight is 242 g/mol. The van der Waals surface area contributed by atoms with Gasteiger partial charge in [0.2, 0.25) is 5.91 Å². The highest BCUT2D eigenvalue weighted by molar-refractivity contribution is 7.92. The molecular formula is C10H14N2O3S. The van der Waals surface area contributed by atoms with Crippen molar-refractivity contribution in [3.05, 3.63) is 30.1 Å². The largest absolute Gasteiger partial charge is 0.351 e. The molecule has 16 heavy (non-hydrogen) atoms. The zero-order valence-electron chi connectivity index (χ0n) is 9.01. The van der Waals surface area contributed by atoms with Gasteiger partial charge in [-0.05, 0) is 11.6 Å². The molecule has 0 spiro atoms. The highest BCUT2D eigenvalue weighted by Crippen LogP contribution is 1.95. The Balaban J connectivity index is 2.43. The number of hydrogen-bond donors (Lipinski definition) is 1. The number of carbonyl (C=O) groups excluding carboxylic acids is 1. The molecule has 0 aliphatic rings. The summed E-state index contributed by atoms with van der Waals surface area (Å²) in [6.45, 7) is 1.82. The Bertz CT molecular complexity index is 442. The molecule has 5 nitrogen and oxygen atoms in total. The standard InChI is InChI=1S/C10H14N2O3S/c1-2-16(14,15)8-10(13)12-7-9-4-3-5-11-6-9/h3-6H,2,7-8H2,1H3,(H,12,13). The summed E-state index contributed by atoms with van der Waals surface area (Å²) in [6.07, 6.45) is 3.25. The van der Waals surface area contributed by atoms with Gasteiger partial charge in [0.05, 0.1) is 0 Å². The summed E-state index contributed by atoms with van der Waals surface area (Å²) >= 11 is 0. The van der Waals surface area contributed by atoms with Gasteiger partial charge >= 0.3 is 0 Å². The van der Waals surface area contributed by atoms with Crippen LogP contribution in [0.25, 0.3) is 0 Å². The van der Waals surface area contributed by atoms with Crippen molar-refractivity contribution >= 4 is 15.7 Å². The number of hydrogen-bond acceptors (Lipinski definition) is 4. The Morgan fingerprint density at radius 2 is 2.25 bits per heavy atom. The van der Waals surface area contributed by atoms with Crippen molar-refractivity contribution in [3.63, 3.8) is 0 Å². The van der Waals surface area contributed by atoms with Crippen LogP contribution < -0.4 is 5.32 Å². The molecule has 1 heterocycles. The first kappa shape index (κ1) is 12.6. The molecule has 0 aliphatic heterocycles. The third-order valence-corrected chi connectivity index (χ3v) is 3.58. The van der Waals surface area contributed by atoms with Crippen molar-refractivity contribution < 1.29 is 13.2 Å². The summed E-state index contributed by atoms with van der Waals surface area (Å²) in [5, 5.41) is 2.53. The highest BCUT2D eigenvalue weighted by Gasteiger charge is 2.13. The third-order valence-electron chi connectivity index (χ3n) is 2.00. The van der Waals surface area contributed by atoms with E-state index in [4.69, 9.17) is 0 Å². The number of amides is 1. The van der Waals surface area contributed by atoms with E-state index in [1.807, 2.05) is 6.07 Å². The summed E-state index contributed by atoms with van der Waals surface area (Å²) < 4.78 is 22.3. The first-order chi connectivity index (χ1) is 7.53. The molecule has 0 unspecified atom stereocenters. The van der Waals surface area contributed by atoms with Crippen LogP contribution in [0.15, 0.2) is 24.5 Å². The maximum Gasteiger partial charge on any atom is 0.235 e. The summed E-state index contributed by atoms with van der Waals surface area (Å²) in [4.78, 5) is 15.2. The average Bonchev–Trinajstić information content (AvgIpc) is 2.27. The fourth-order valence-electron chi connectivity index (χ4n) is 1.06. The van der Waals surface area contributed by atoms with E-state index in [1.165, 1.54) is 6.92 Å². The molecule has 1 rings (SSSR count). The summed E-state index contributed by atoms with van der Waals surface area (Å²) in [5.41, 5.74) is 0.838. The zero-order valence-corrected chi connectivity index (χ0v) is 9.83. The van der Waals surface area contributed by atoms with E-state index in [1.54, 1.807) is 18.5 Å². The quantitative estimate of drug-likeness (QED) is 0.796. The molecule has 6 heteroatoms. The van der Waals surface area contributed by atoms with Gasteiger partial charge in [0.15, 0.2) is 9.84 Å². The van der Waals surface area contributed by atoms with Crippen LogP contribution in [0.5, 0.6) is 0 Å². The smallest absolute Gasteiger partial charge is 0.235 e. The second-order valence-corrected chi connectivity index (χ2v) is 5.67. The first-order valence-corrected chi connectivity index (χ1v) is 6.71. The Hall–Kier alpha value is -1.43. The molecule has 0 aliphatic carbocycles. The van der Waals surface area contributed by atoms with Gasteiger partial charge in [-0.25, -0.2) is 8.42 Å². The van der Waals surface area contributed by atoms with Crippen molar-refractivity contribution in [2.75, 3.05) is 11.5 Å². The molecule has 0 radical (unpaired) electrons. The normalized spacial score (nSPS) is 11.1. The molecule has 0 aromatic carbocycles. The predicted molar refractivity (Wildman–Crippen MR) is 60.4 cm³/mol. The molecule has 1 amide bonds. The van der Waals surface area contributed by atoms with E-state index in [-0.39, 0.29) is 5.75 Å². The maximum atomic E-state index is 11.3. The number of pyridine rings is 1. The van der Waals surface area contributed by atoms with Crippen molar-refractivity contribution in [2.24, 2.45) is 0 Å². The minimum absolute atomic E-state index is 0.0205. The molecule has 0 saturated heterocycles. The van der Waals surface area contributed by atoms with E-state index in [2.05, 4.69) is 10.3 Å². The molecular weight excluding hydrogens is 228 g/mol. The molecule has 1 N–H and O–H groups in total. The molecule has 1 aromatic rings. The van der Waals surface area contributed by atoms with Gasteiger partial charge in [-0.2, -0.15) is 0 Å². The van der Waals surface area contributed by atoms with Crippen molar-refractivity contribution in [1.82, 2.24) is 10.3 Å². The van der Waals surface area contributed by atoms with Crippen LogP contribution in [0.2, 0.25) is 0 Å². The van der Waals surface area contributed by atoms with Gasteiger partial charge in [-0.1, -0.05) is 13.0 Å². The lowest BCUT2D eigenvalue weighted by Gasteiger charge is -2.04. The first-order valence-electron chi connectivity index (χ1n) is 4.89. The molecule has 0 atom stereocenters. The lowest BCUT2D eigenvalue weighted by molar-refractivity contribution is -0.118. The summed E-state index contributed by atoms with van der Waals surface area (Å²) in [6, 6.07) is 3.56. The monoisotopic (exact) mass is 242 g/mol. The van der Waals surface area contributed by atoms with Gasteiger partial charge in [0, 0.05) is 24.7 Å². The van der Waals surface area contributed by atoms with Crippen molar-refractivity contribution in [1.29, 1.82) is 0 Å². The Kier molecular flexibility index (Phi) is 4.42. The van der Waals surface area contributed by atoms with E-state index in [0.29, 0.717) is 6.54 Å². The maximum absolute atomic E-state index is 11.3. The second-order valence-electron chi connectivity index (χ2n) is 3.31. The van der Waals surface area contributed by atoms with Gasteiger partial charge < -0.3 is 5.32 Å². The fourth-order valence-corrected chi connectivity index (χ4v) is 1.76. The van der Waals surface area contributed by atoms with Crippen LogP contribution in [0.4, 0.5) is 0 Å². The minimum atomic E-state index is -3.25. The Labute approximate surface area is 94.8 Å². The summed E-state index contributed by atoms with van der Waals surface area (Å²) in [5.74, 6) is -0.956. The van der Waals surface area contributed by atoms with E-state index in [9.17, 15) is 13.2 Å². The lowest BCUT2D eigenvalue weighted by Crippen LogP contribution is -2.30. The minimum Gasteiger partial charge on any atom is -0.351 e. The van der Waals surface area contributed by atoms with Gasteiger partial charge in [0.1, 0.15) is 5.75 Å². The lowest BCUT2D eigenvalue weighted by atomic mass is 10.3. The van der Waals surface area contributed by atoms with Crippen LogP contribution in [0, 0.1) is 0 Å². The van der Waals surface area contributed by atoms with Gasteiger partial charge in [-0.15, -0.1) is 0 Å². The van der Waals surface area contributed by atoms with Crippen molar-refractivity contribution in [2.45, 2.75) is 13.5 Å². The Morgan fingerprint density at radius 1 is 1.50 bits per heavy atom. The van der Waals surface area contributed by atoms with Crippen LogP contribution in [-0.2, 0) is 21.2 Å². The van der Waals surface area contributed by atoms with Crippen molar-refractivity contribution in [3.8, 4) is 0 Å². The third kappa shape index (κ3) is 4.39. The van der Waals surface area contributed by atoms with Crippen LogP contribution in [0.3, 0.4) is 0 Å². The number of nitrogens with zero attached hydrogens (tertiary/aromatic N) is 1. The van der Waals surface area contributed by atoms with Gasteiger partial charge in [0.25, 0.3) is 0 Å². The van der Waals surface area contributed by atoms with Crippen LogP contribution in [0.1, 0.15) is 12.5 Å². The number of sulfone groups is 1. The topological polar surface area (TPSA) is 76.1 Å². The Morgan fingerprint density at radius 3 is 2.81 bits per heavy atom. The molecule has 88 valence electrons. The van der Waals surface area contributed by atoms with Crippen LogP contribution >= 0.6 is 0 Å². The second kappa shape index (κ2) is 5.60. The summed E-state index contributed by atoms with van der Waals surface area (Å²) in [7, 11) is -3.25. The fraction of sp³-hybridized carbons (Fsp3) is 0.400. The molecule has 1 aromatic heterocycles. The predicted octanol–water partition coefficient (Wildman–Crippen LogP) is 0.132.